The van der Waals surface area contributed by atoms with Crippen LogP contribution in [-0.2, 0) is 9.05 Å². The number of aryl methyl sites for hydroxylation is 1. The van der Waals surface area contributed by atoms with Crippen LogP contribution in [0.5, 0.6) is 0 Å². The van der Waals surface area contributed by atoms with E-state index < -0.39 is 15.1 Å². The van der Waals surface area contributed by atoms with Crippen LogP contribution in [0.15, 0.2) is 23.1 Å². The van der Waals surface area contributed by atoms with Crippen LogP contribution in [0.4, 0.5) is 0 Å². The summed E-state index contributed by atoms with van der Waals surface area (Å²) >= 11 is 0. The summed E-state index contributed by atoms with van der Waals surface area (Å²) in [6.07, 6.45) is 5.16. The molecular formula is C12H12ClNO3S. The zero-order chi connectivity index (χ0) is 13.9. The zero-order valence-electron chi connectivity index (χ0n) is 9.90. The van der Waals surface area contributed by atoms with Crippen molar-refractivity contribution in [2.75, 3.05) is 0 Å². The van der Waals surface area contributed by atoms with Crippen molar-refractivity contribution < 1.29 is 13.2 Å². The summed E-state index contributed by atoms with van der Waals surface area (Å²) in [6.45, 7) is 3.30. The minimum Gasteiger partial charge on any atom is -0.339 e. The van der Waals surface area contributed by atoms with Crippen LogP contribution in [0.1, 0.15) is 22.8 Å². The molecule has 1 amide bonds. The van der Waals surface area contributed by atoms with Crippen LogP contribution in [0, 0.1) is 19.3 Å². The molecule has 4 nitrogen and oxygen atoms in total. The molecule has 1 rings (SSSR count). The average molecular weight is 286 g/mol. The van der Waals surface area contributed by atoms with E-state index in [9.17, 15) is 13.2 Å². The first kappa shape index (κ1) is 14.6. The molecule has 1 unspecified atom stereocenters. The third-order valence-electron chi connectivity index (χ3n) is 2.32. The highest BCUT2D eigenvalue weighted by Crippen LogP contribution is 2.18. The highest BCUT2D eigenvalue weighted by atomic mass is 35.7. The number of halogens is 1. The number of benzene rings is 1. The highest BCUT2D eigenvalue weighted by molar-refractivity contribution is 8.13. The topological polar surface area (TPSA) is 63.2 Å². The third-order valence-corrected chi connectivity index (χ3v) is 3.67. The maximum Gasteiger partial charge on any atom is 0.261 e. The Hall–Kier alpha value is -1.51. The summed E-state index contributed by atoms with van der Waals surface area (Å²) in [7, 11) is 1.43. The molecular weight excluding hydrogens is 274 g/mol. The lowest BCUT2D eigenvalue weighted by Gasteiger charge is -2.10. The van der Waals surface area contributed by atoms with Gasteiger partial charge in [-0.05, 0) is 37.6 Å². The largest absolute Gasteiger partial charge is 0.339 e. The quantitative estimate of drug-likeness (QED) is 0.679. The monoisotopic (exact) mass is 285 g/mol. The maximum absolute atomic E-state index is 11.8. The van der Waals surface area contributed by atoms with E-state index in [2.05, 4.69) is 11.2 Å². The summed E-state index contributed by atoms with van der Waals surface area (Å²) in [6, 6.07) is 3.64. The second kappa shape index (κ2) is 5.42. The Balaban J connectivity index is 3.08. The van der Waals surface area contributed by atoms with E-state index in [1.165, 1.54) is 18.2 Å². The Morgan fingerprint density at radius 3 is 2.56 bits per heavy atom. The van der Waals surface area contributed by atoms with Crippen molar-refractivity contribution >= 4 is 25.6 Å². The van der Waals surface area contributed by atoms with Crippen LogP contribution in [0.2, 0.25) is 0 Å². The van der Waals surface area contributed by atoms with E-state index >= 15 is 0 Å². The Labute approximate surface area is 111 Å². The number of amides is 1. The maximum atomic E-state index is 11.8. The lowest BCUT2D eigenvalue weighted by molar-refractivity contribution is 0.0947. The normalized spacial score (nSPS) is 12.6. The summed E-state index contributed by atoms with van der Waals surface area (Å²) in [5.41, 5.74) is 0.875. The van der Waals surface area contributed by atoms with Gasteiger partial charge in [0.1, 0.15) is 0 Å². The standard InChI is InChI=1S/C12H12ClNO3S/c1-4-9(3)14-12(15)11-6-5-10(7-8(11)2)18(13,16)17/h1,5-7,9H,2-3H3,(H,14,15). The molecule has 1 atom stereocenters. The molecule has 0 aliphatic rings. The third kappa shape index (κ3) is 3.49. The Kier molecular flexibility index (Phi) is 4.38. The molecule has 96 valence electrons. The van der Waals surface area contributed by atoms with Crippen LogP contribution < -0.4 is 5.32 Å². The van der Waals surface area contributed by atoms with Gasteiger partial charge in [-0.25, -0.2) is 8.42 Å². The molecule has 6 heteroatoms. The first-order valence-corrected chi connectivity index (χ1v) is 7.39. The lowest BCUT2D eigenvalue weighted by Crippen LogP contribution is -2.31. The van der Waals surface area contributed by atoms with Gasteiger partial charge in [-0.1, -0.05) is 5.92 Å². The number of hydrogen-bond acceptors (Lipinski definition) is 3. The zero-order valence-corrected chi connectivity index (χ0v) is 11.5. The molecule has 0 heterocycles. The van der Waals surface area contributed by atoms with E-state index in [1.807, 2.05) is 0 Å². The number of carbonyl (C=O) groups is 1. The van der Waals surface area contributed by atoms with Gasteiger partial charge in [0.05, 0.1) is 10.9 Å². The molecule has 1 N–H and O–H groups in total. The Morgan fingerprint density at radius 2 is 2.11 bits per heavy atom. The van der Waals surface area contributed by atoms with Crippen molar-refractivity contribution in [2.24, 2.45) is 0 Å². The number of rotatable bonds is 3. The summed E-state index contributed by atoms with van der Waals surface area (Å²) in [5.74, 6) is 2.02. The SMILES string of the molecule is C#CC(C)NC(=O)c1ccc(S(=O)(=O)Cl)cc1C. The molecule has 0 bridgehead atoms. The highest BCUT2D eigenvalue weighted by Gasteiger charge is 2.15. The van der Waals surface area contributed by atoms with E-state index in [4.69, 9.17) is 17.1 Å². The molecule has 0 aromatic heterocycles. The van der Waals surface area contributed by atoms with Gasteiger partial charge in [-0.2, -0.15) is 0 Å². The van der Waals surface area contributed by atoms with Crippen molar-refractivity contribution in [3.63, 3.8) is 0 Å². The number of carbonyl (C=O) groups excluding carboxylic acids is 1. The van der Waals surface area contributed by atoms with Crippen LogP contribution >= 0.6 is 10.7 Å². The van der Waals surface area contributed by atoms with Crippen molar-refractivity contribution in [1.29, 1.82) is 0 Å². The van der Waals surface area contributed by atoms with E-state index in [-0.39, 0.29) is 10.8 Å². The molecule has 1 aromatic rings. The van der Waals surface area contributed by atoms with Crippen LogP contribution in [0.25, 0.3) is 0 Å². The second-order valence-electron chi connectivity index (χ2n) is 3.78. The van der Waals surface area contributed by atoms with E-state index in [0.29, 0.717) is 11.1 Å². The summed E-state index contributed by atoms with van der Waals surface area (Å²) in [5, 5.41) is 2.59. The van der Waals surface area contributed by atoms with Crippen molar-refractivity contribution in [3.05, 3.63) is 29.3 Å². The second-order valence-corrected chi connectivity index (χ2v) is 6.34. The summed E-state index contributed by atoms with van der Waals surface area (Å²) < 4.78 is 22.3. The molecule has 0 aliphatic heterocycles. The molecule has 0 saturated carbocycles. The van der Waals surface area contributed by atoms with Gasteiger partial charge in [0.25, 0.3) is 15.0 Å². The van der Waals surface area contributed by atoms with Gasteiger partial charge in [-0.15, -0.1) is 6.42 Å². The molecule has 1 aromatic carbocycles. The Bertz CT molecular complexity index is 617. The van der Waals surface area contributed by atoms with Gasteiger partial charge < -0.3 is 5.32 Å². The molecule has 0 radical (unpaired) electrons. The van der Waals surface area contributed by atoms with Crippen LogP contribution in [0.3, 0.4) is 0 Å². The lowest BCUT2D eigenvalue weighted by atomic mass is 10.1. The average Bonchev–Trinajstić information content (AvgIpc) is 2.27. The number of hydrogen-bond donors (Lipinski definition) is 1. The number of nitrogens with one attached hydrogen (secondary N) is 1. The number of terminal acetylenes is 1. The van der Waals surface area contributed by atoms with Crippen LogP contribution in [-0.4, -0.2) is 20.4 Å². The molecule has 0 saturated heterocycles. The van der Waals surface area contributed by atoms with Crippen molar-refractivity contribution in [1.82, 2.24) is 5.32 Å². The van der Waals surface area contributed by atoms with Crippen molar-refractivity contribution in [3.8, 4) is 12.3 Å². The van der Waals surface area contributed by atoms with Gasteiger partial charge in [0, 0.05) is 16.2 Å². The Morgan fingerprint density at radius 1 is 1.50 bits per heavy atom. The fraction of sp³-hybridized carbons (Fsp3) is 0.250. The predicted molar refractivity (Wildman–Crippen MR) is 70.0 cm³/mol. The molecule has 18 heavy (non-hydrogen) atoms. The summed E-state index contributed by atoms with van der Waals surface area (Å²) in [4.78, 5) is 11.8. The van der Waals surface area contributed by atoms with Gasteiger partial charge in [0.2, 0.25) is 0 Å². The van der Waals surface area contributed by atoms with E-state index in [1.54, 1.807) is 13.8 Å². The molecule has 0 fully saturated rings. The minimum atomic E-state index is -3.79. The molecule has 0 aliphatic carbocycles. The van der Waals surface area contributed by atoms with Gasteiger partial charge in [-0.3, -0.25) is 4.79 Å². The fourth-order valence-corrected chi connectivity index (χ4v) is 2.19. The first-order chi connectivity index (χ1) is 8.25. The predicted octanol–water partition coefficient (Wildman–Crippen LogP) is 1.67. The van der Waals surface area contributed by atoms with Gasteiger partial charge >= 0.3 is 0 Å². The minimum absolute atomic E-state index is 0.0387. The first-order valence-electron chi connectivity index (χ1n) is 5.08. The smallest absolute Gasteiger partial charge is 0.261 e. The fourth-order valence-electron chi connectivity index (χ4n) is 1.36. The van der Waals surface area contributed by atoms with Gasteiger partial charge in [0.15, 0.2) is 0 Å². The molecule has 0 spiro atoms. The van der Waals surface area contributed by atoms with E-state index in [0.717, 1.165) is 0 Å². The van der Waals surface area contributed by atoms with Crippen molar-refractivity contribution in [2.45, 2.75) is 24.8 Å².